The zero-order valence-corrected chi connectivity index (χ0v) is 14.6. The molecule has 24 heavy (non-hydrogen) atoms. The summed E-state index contributed by atoms with van der Waals surface area (Å²) in [7, 11) is 4.00. The number of benzene rings is 1. The highest BCUT2D eigenvalue weighted by atomic mass is 16.5. The van der Waals surface area contributed by atoms with Crippen LogP contribution in [0.5, 0.6) is 0 Å². The molecule has 2 rings (SSSR count). The summed E-state index contributed by atoms with van der Waals surface area (Å²) in [5, 5.41) is 0. The van der Waals surface area contributed by atoms with Crippen LogP contribution < -0.4 is 4.90 Å². The Balaban J connectivity index is 2.15. The van der Waals surface area contributed by atoms with Crippen LogP contribution in [-0.4, -0.2) is 49.6 Å². The van der Waals surface area contributed by atoms with Crippen molar-refractivity contribution in [2.75, 3.05) is 38.7 Å². The van der Waals surface area contributed by atoms with E-state index in [9.17, 15) is 4.79 Å². The van der Waals surface area contributed by atoms with Gasteiger partial charge in [0.05, 0.1) is 6.61 Å². The van der Waals surface area contributed by atoms with Gasteiger partial charge in [-0.3, -0.25) is 0 Å². The van der Waals surface area contributed by atoms with Crippen LogP contribution in [0.4, 0.5) is 11.5 Å². The number of carbonyl (C=O) groups excluding carboxylic acids is 1. The van der Waals surface area contributed by atoms with E-state index in [1.165, 1.54) is 0 Å². The number of aromatic nitrogens is 1. The minimum Gasteiger partial charge on any atom is -0.462 e. The molecule has 0 amide bonds. The molecule has 5 heteroatoms. The highest BCUT2D eigenvalue weighted by Crippen LogP contribution is 2.26. The van der Waals surface area contributed by atoms with E-state index in [0.29, 0.717) is 24.5 Å². The number of nitrogens with zero attached hydrogens (tertiary/aromatic N) is 3. The van der Waals surface area contributed by atoms with E-state index in [0.717, 1.165) is 18.7 Å². The molecule has 2 aromatic rings. The van der Waals surface area contributed by atoms with Crippen LogP contribution in [0.3, 0.4) is 0 Å². The second-order valence-electron chi connectivity index (χ2n) is 5.75. The first-order valence-corrected chi connectivity index (χ1v) is 8.23. The number of para-hydroxylation sites is 1. The van der Waals surface area contributed by atoms with E-state index in [2.05, 4.69) is 9.88 Å². The van der Waals surface area contributed by atoms with E-state index in [-0.39, 0.29) is 5.97 Å². The Hall–Kier alpha value is -2.40. The maximum atomic E-state index is 12.5. The maximum absolute atomic E-state index is 12.5. The molecule has 0 fully saturated rings. The summed E-state index contributed by atoms with van der Waals surface area (Å²) in [6, 6.07) is 13.5. The normalized spacial score (nSPS) is 10.7. The van der Waals surface area contributed by atoms with E-state index >= 15 is 0 Å². The molecule has 1 heterocycles. The first-order valence-electron chi connectivity index (χ1n) is 8.23. The number of pyridine rings is 1. The van der Waals surface area contributed by atoms with Crippen molar-refractivity contribution in [3.63, 3.8) is 0 Å². The van der Waals surface area contributed by atoms with Gasteiger partial charge >= 0.3 is 5.97 Å². The fourth-order valence-corrected chi connectivity index (χ4v) is 2.46. The molecule has 0 aliphatic carbocycles. The molecule has 0 unspecified atom stereocenters. The largest absolute Gasteiger partial charge is 0.462 e. The predicted molar refractivity (Wildman–Crippen MR) is 96.8 cm³/mol. The van der Waals surface area contributed by atoms with Crippen molar-refractivity contribution in [1.29, 1.82) is 0 Å². The zero-order chi connectivity index (χ0) is 17.4. The number of esters is 1. The lowest BCUT2D eigenvalue weighted by Crippen LogP contribution is -2.22. The van der Waals surface area contributed by atoms with Crippen LogP contribution in [0.1, 0.15) is 23.7 Å². The number of hydrogen-bond donors (Lipinski definition) is 0. The lowest BCUT2D eigenvalue weighted by Gasteiger charge is -2.24. The average molecular weight is 327 g/mol. The summed E-state index contributed by atoms with van der Waals surface area (Å²) in [5.74, 6) is 0.301. The molecule has 0 radical (unpaired) electrons. The van der Waals surface area contributed by atoms with Gasteiger partial charge in [0.25, 0.3) is 0 Å². The summed E-state index contributed by atoms with van der Waals surface area (Å²) in [6.45, 7) is 4.04. The van der Waals surface area contributed by atoms with E-state index < -0.39 is 0 Å². The molecule has 0 saturated carbocycles. The average Bonchev–Trinajstić information content (AvgIpc) is 2.60. The lowest BCUT2D eigenvalue weighted by atomic mass is 10.2. The molecular formula is C19H25N3O2. The maximum Gasteiger partial charge on any atom is 0.341 e. The van der Waals surface area contributed by atoms with Crippen molar-refractivity contribution in [1.82, 2.24) is 9.88 Å². The summed E-state index contributed by atoms with van der Waals surface area (Å²) in [5.41, 5.74) is 1.49. The molecule has 0 aliphatic rings. The number of hydrogen-bond acceptors (Lipinski definition) is 5. The van der Waals surface area contributed by atoms with Gasteiger partial charge in [-0.1, -0.05) is 18.2 Å². The van der Waals surface area contributed by atoms with Crippen LogP contribution in [0, 0.1) is 0 Å². The Morgan fingerprint density at radius 2 is 1.88 bits per heavy atom. The fraction of sp³-hybridized carbons (Fsp3) is 0.368. The summed E-state index contributed by atoms with van der Waals surface area (Å²) >= 11 is 0. The smallest absolute Gasteiger partial charge is 0.341 e. The molecule has 128 valence electrons. The van der Waals surface area contributed by atoms with Crippen molar-refractivity contribution in [2.45, 2.75) is 13.3 Å². The van der Waals surface area contributed by atoms with Gasteiger partial charge < -0.3 is 14.5 Å². The highest BCUT2D eigenvalue weighted by Gasteiger charge is 2.19. The van der Waals surface area contributed by atoms with Crippen molar-refractivity contribution in [3.05, 3.63) is 54.2 Å². The van der Waals surface area contributed by atoms with Gasteiger partial charge in [-0.25, -0.2) is 9.78 Å². The Bertz CT molecular complexity index is 644. The Kier molecular flexibility index (Phi) is 6.75. The molecule has 0 N–H and O–H groups in total. The third kappa shape index (κ3) is 4.80. The summed E-state index contributed by atoms with van der Waals surface area (Å²) < 4.78 is 5.42. The first kappa shape index (κ1) is 17.9. The molecule has 1 aromatic heterocycles. The molecular weight excluding hydrogens is 302 g/mol. The lowest BCUT2D eigenvalue weighted by molar-refractivity contribution is 0.0493. The fourth-order valence-electron chi connectivity index (χ4n) is 2.46. The summed E-state index contributed by atoms with van der Waals surface area (Å²) in [6.07, 6.45) is 2.51. The number of anilines is 2. The van der Waals surface area contributed by atoms with Crippen LogP contribution in [0.15, 0.2) is 48.7 Å². The van der Waals surface area contributed by atoms with Gasteiger partial charge in [0, 0.05) is 25.0 Å². The second kappa shape index (κ2) is 9.03. The Morgan fingerprint density at radius 1 is 1.12 bits per heavy atom. The number of carbonyl (C=O) groups is 1. The number of rotatable bonds is 8. The van der Waals surface area contributed by atoms with Gasteiger partial charge in [0.15, 0.2) is 0 Å². The molecule has 0 atom stereocenters. The van der Waals surface area contributed by atoms with Crippen LogP contribution in [-0.2, 0) is 4.74 Å². The van der Waals surface area contributed by atoms with Gasteiger partial charge in [-0.05, 0) is 51.7 Å². The van der Waals surface area contributed by atoms with E-state index in [1.54, 1.807) is 18.3 Å². The van der Waals surface area contributed by atoms with Gasteiger partial charge in [-0.2, -0.15) is 0 Å². The minimum absolute atomic E-state index is 0.328. The third-order valence-electron chi connectivity index (χ3n) is 3.63. The van der Waals surface area contributed by atoms with Crippen molar-refractivity contribution in [3.8, 4) is 0 Å². The molecule has 0 bridgehead atoms. The van der Waals surface area contributed by atoms with Crippen molar-refractivity contribution >= 4 is 17.5 Å². The number of ether oxygens (including phenoxy) is 1. The van der Waals surface area contributed by atoms with E-state index in [4.69, 9.17) is 4.74 Å². The van der Waals surface area contributed by atoms with Gasteiger partial charge in [0.1, 0.15) is 11.4 Å². The zero-order valence-electron chi connectivity index (χ0n) is 14.6. The second-order valence-corrected chi connectivity index (χ2v) is 5.75. The summed E-state index contributed by atoms with van der Waals surface area (Å²) in [4.78, 5) is 21.0. The predicted octanol–water partition coefficient (Wildman–Crippen LogP) is 3.35. The minimum atomic E-state index is -0.328. The van der Waals surface area contributed by atoms with E-state index in [1.807, 2.05) is 56.3 Å². The van der Waals surface area contributed by atoms with Crippen LogP contribution in [0.2, 0.25) is 0 Å². The monoisotopic (exact) mass is 327 g/mol. The molecule has 0 spiro atoms. The van der Waals surface area contributed by atoms with Crippen molar-refractivity contribution in [2.24, 2.45) is 0 Å². The third-order valence-corrected chi connectivity index (χ3v) is 3.63. The molecule has 0 saturated heterocycles. The van der Waals surface area contributed by atoms with Crippen LogP contribution in [0.25, 0.3) is 0 Å². The standard InChI is InChI=1S/C19H25N3O2/c1-4-22(16-10-6-5-7-11-16)18-17(12-8-13-20-18)19(23)24-15-9-14-21(2)3/h5-8,10-13H,4,9,14-15H2,1-3H3. The topological polar surface area (TPSA) is 45.7 Å². The van der Waals surface area contributed by atoms with Crippen molar-refractivity contribution < 1.29 is 9.53 Å². The quantitative estimate of drug-likeness (QED) is 0.549. The van der Waals surface area contributed by atoms with Gasteiger partial charge in [0.2, 0.25) is 0 Å². The first-order chi connectivity index (χ1) is 11.6. The van der Waals surface area contributed by atoms with Crippen LogP contribution >= 0.6 is 0 Å². The Labute approximate surface area is 143 Å². The molecule has 1 aromatic carbocycles. The molecule has 0 aliphatic heterocycles. The molecule has 5 nitrogen and oxygen atoms in total. The van der Waals surface area contributed by atoms with Gasteiger partial charge in [-0.15, -0.1) is 0 Å². The Morgan fingerprint density at radius 3 is 2.54 bits per heavy atom. The highest BCUT2D eigenvalue weighted by molar-refractivity contribution is 5.95. The SMILES string of the molecule is CCN(c1ccccc1)c1ncccc1C(=O)OCCCN(C)C.